The second-order valence-electron chi connectivity index (χ2n) is 2.79. The van der Waals surface area contributed by atoms with Gasteiger partial charge in [-0.15, -0.1) is 0 Å². The number of rotatable bonds is 2. The van der Waals surface area contributed by atoms with Crippen molar-refractivity contribution < 1.29 is 19.4 Å². The number of aliphatic hydroxyl groups is 1. The summed E-state index contributed by atoms with van der Waals surface area (Å²) in [7, 11) is 0. The summed E-state index contributed by atoms with van der Waals surface area (Å²) in [6.07, 6.45) is -0.0174. The minimum atomic E-state index is -0.561. The van der Waals surface area contributed by atoms with Crippen LogP contribution in [0.2, 0.25) is 0 Å². The summed E-state index contributed by atoms with van der Waals surface area (Å²) in [6.45, 7) is 2.54. The molecule has 0 aromatic heterocycles. The van der Waals surface area contributed by atoms with Crippen LogP contribution in [0, 0.1) is 0 Å². The van der Waals surface area contributed by atoms with Gasteiger partial charge in [0.05, 0.1) is 19.3 Å². The Morgan fingerprint density at radius 2 is 2.50 bits per heavy atom. The summed E-state index contributed by atoms with van der Waals surface area (Å²) in [5.74, 6) is -0.365. The quantitative estimate of drug-likeness (QED) is 0.603. The molecule has 1 aliphatic rings. The maximum atomic E-state index is 11.1. The molecule has 1 rings (SSSR count). The van der Waals surface area contributed by atoms with E-state index in [0.717, 1.165) is 0 Å². The van der Waals surface area contributed by atoms with Crippen LogP contribution in [0.1, 0.15) is 19.8 Å². The Morgan fingerprint density at radius 3 is 3.08 bits per heavy atom. The molecule has 2 atom stereocenters. The summed E-state index contributed by atoms with van der Waals surface area (Å²) >= 11 is 0. The number of carbonyl (C=O) groups excluding carboxylic acids is 1. The number of hydrogen-bond acceptors (Lipinski definition) is 4. The summed E-state index contributed by atoms with van der Waals surface area (Å²) in [6, 6.07) is 0. The second kappa shape index (κ2) is 4.42. The minimum absolute atomic E-state index is 0.356. The number of ether oxygens (including phenoxy) is 2. The molecule has 0 saturated carbocycles. The standard InChI is InChI=1S/C8H14O4/c1-2-11-8(10)7-5-6(9)3-4-12-7/h6-7,9H,2-5H2,1H3/t6-,7-/m0/s1. The zero-order chi connectivity index (χ0) is 8.97. The van der Waals surface area contributed by atoms with E-state index in [1.54, 1.807) is 6.92 Å². The molecule has 0 spiro atoms. The fraction of sp³-hybridized carbons (Fsp3) is 0.875. The maximum absolute atomic E-state index is 11.1. The Kier molecular flexibility index (Phi) is 3.49. The third-order valence-electron chi connectivity index (χ3n) is 1.81. The van der Waals surface area contributed by atoms with Crippen molar-refractivity contribution in [2.45, 2.75) is 32.0 Å². The highest BCUT2D eigenvalue weighted by atomic mass is 16.6. The first-order valence-corrected chi connectivity index (χ1v) is 4.20. The third kappa shape index (κ3) is 2.46. The van der Waals surface area contributed by atoms with Crippen molar-refractivity contribution in [3.63, 3.8) is 0 Å². The summed E-state index contributed by atoms with van der Waals surface area (Å²) in [5, 5.41) is 9.21. The molecule has 70 valence electrons. The molecule has 4 nitrogen and oxygen atoms in total. The molecule has 1 fully saturated rings. The average molecular weight is 174 g/mol. The van der Waals surface area contributed by atoms with Gasteiger partial charge in [0, 0.05) is 6.42 Å². The van der Waals surface area contributed by atoms with Crippen LogP contribution in [-0.2, 0) is 14.3 Å². The van der Waals surface area contributed by atoms with E-state index in [0.29, 0.717) is 26.1 Å². The Labute approximate surface area is 71.5 Å². The monoisotopic (exact) mass is 174 g/mol. The molecule has 12 heavy (non-hydrogen) atoms. The minimum Gasteiger partial charge on any atom is -0.464 e. The van der Waals surface area contributed by atoms with Gasteiger partial charge in [-0.2, -0.15) is 0 Å². The van der Waals surface area contributed by atoms with Crippen molar-refractivity contribution in [3.05, 3.63) is 0 Å². The predicted molar refractivity (Wildman–Crippen MR) is 41.6 cm³/mol. The van der Waals surface area contributed by atoms with E-state index in [9.17, 15) is 9.90 Å². The van der Waals surface area contributed by atoms with Gasteiger partial charge in [0.2, 0.25) is 0 Å². The molecular weight excluding hydrogens is 160 g/mol. The van der Waals surface area contributed by atoms with Crippen LogP contribution < -0.4 is 0 Å². The number of carbonyl (C=O) groups is 1. The number of aliphatic hydroxyl groups excluding tert-OH is 1. The fourth-order valence-electron chi connectivity index (χ4n) is 1.18. The van der Waals surface area contributed by atoms with Gasteiger partial charge >= 0.3 is 5.97 Å². The van der Waals surface area contributed by atoms with Crippen LogP contribution in [0.3, 0.4) is 0 Å². The lowest BCUT2D eigenvalue weighted by atomic mass is 10.1. The molecule has 0 aliphatic carbocycles. The van der Waals surface area contributed by atoms with Gasteiger partial charge in [0.25, 0.3) is 0 Å². The summed E-state index contributed by atoms with van der Waals surface area (Å²) in [5.41, 5.74) is 0. The van der Waals surface area contributed by atoms with Crippen molar-refractivity contribution in [2.24, 2.45) is 0 Å². The van der Waals surface area contributed by atoms with Crippen LogP contribution in [0.25, 0.3) is 0 Å². The van der Waals surface area contributed by atoms with Crippen molar-refractivity contribution in [1.29, 1.82) is 0 Å². The average Bonchev–Trinajstić information content (AvgIpc) is 2.05. The topological polar surface area (TPSA) is 55.8 Å². The third-order valence-corrected chi connectivity index (χ3v) is 1.81. The lowest BCUT2D eigenvalue weighted by Gasteiger charge is -2.24. The Balaban J connectivity index is 2.35. The second-order valence-corrected chi connectivity index (χ2v) is 2.79. The Morgan fingerprint density at radius 1 is 1.75 bits per heavy atom. The van der Waals surface area contributed by atoms with Gasteiger partial charge in [-0.1, -0.05) is 0 Å². The SMILES string of the molecule is CCOC(=O)[C@@H]1C[C@@H](O)CCO1. The molecule has 0 radical (unpaired) electrons. The molecule has 4 heteroatoms. The molecule has 0 bridgehead atoms. The first-order chi connectivity index (χ1) is 5.74. The van der Waals surface area contributed by atoms with Gasteiger partial charge in [0.1, 0.15) is 0 Å². The zero-order valence-corrected chi connectivity index (χ0v) is 7.16. The van der Waals surface area contributed by atoms with Gasteiger partial charge in [0.15, 0.2) is 6.10 Å². The van der Waals surface area contributed by atoms with E-state index < -0.39 is 12.2 Å². The normalized spacial score (nSPS) is 29.8. The number of hydrogen-bond donors (Lipinski definition) is 1. The van der Waals surface area contributed by atoms with Gasteiger partial charge < -0.3 is 14.6 Å². The maximum Gasteiger partial charge on any atom is 0.335 e. The van der Waals surface area contributed by atoms with Gasteiger partial charge in [-0.25, -0.2) is 4.79 Å². The molecule has 1 heterocycles. The van der Waals surface area contributed by atoms with Gasteiger partial charge in [-0.05, 0) is 13.3 Å². The molecule has 0 amide bonds. The van der Waals surface area contributed by atoms with Crippen molar-refractivity contribution in [2.75, 3.05) is 13.2 Å². The van der Waals surface area contributed by atoms with E-state index in [1.165, 1.54) is 0 Å². The van der Waals surface area contributed by atoms with Crippen LogP contribution in [0.5, 0.6) is 0 Å². The van der Waals surface area contributed by atoms with Crippen LogP contribution >= 0.6 is 0 Å². The Hall–Kier alpha value is -0.610. The van der Waals surface area contributed by atoms with Crippen LogP contribution in [0.15, 0.2) is 0 Å². The largest absolute Gasteiger partial charge is 0.464 e. The van der Waals surface area contributed by atoms with Crippen molar-refractivity contribution in [3.8, 4) is 0 Å². The predicted octanol–water partition coefficient (Wildman–Crippen LogP) is 0.0894. The molecule has 0 aromatic rings. The van der Waals surface area contributed by atoms with Crippen molar-refractivity contribution in [1.82, 2.24) is 0 Å². The lowest BCUT2D eigenvalue weighted by molar-refractivity contribution is -0.163. The van der Waals surface area contributed by atoms with E-state index in [2.05, 4.69) is 0 Å². The van der Waals surface area contributed by atoms with E-state index in [4.69, 9.17) is 9.47 Å². The summed E-state index contributed by atoms with van der Waals surface area (Å²) in [4.78, 5) is 11.1. The first kappa shape index (κ1) is 9.48. The van der Waals surface area contributed by atoms with Crippen molar-refractivity contribution >= 4 is 5.97 Å². The summed E-state index contributed by atoms with van der Waals surface area (Å²) < 4.78 is 9.88. The van der Waals surface area contributed by atoms with Gasteiger partial charge in [-0.3, -0.25) is 0 Å². The smallest absolute Gasteiger partial charge is 0.335 e. The Bertz CT molecular complexity index is 157. The fourth-order valence-corrected chi connectivity index (χ4v) is 1.18. The highest BCUT2D eigenvalue weighted by Crippen LogP contribution is 2.14. The zero-order valence-electron chi connectivity index (χ0n) is 7.16. The number of esters is 1. The highest BCUT2D eigenvalue weighted by Gasteiger charge is 2.27. The first-order valence-electron chi connectivity index (χ1n) is 4.20. The molecule has 1 saturated heterocycles. The molecule has 0 aromatic carbocycles. The lowest BCUT2D eigenvalue weighted by Crippen LogP contribution is -2.35. The van der Waals surface area contributed by atoms with Crippen LogP contribution in [0.4, 0.5) is 0 Å². The van der Waals surface area contributed by atoms with E-state index in [-0.39, 0.29) is 5.97 Å². The highest BCUT2D eigenvalue weighted by molar-refractivity contribution is 5.74. The van der Waals surface area contributed by atoms with E-state index >= 15 is 0 Å². The van der Waals surface area contributed by atoms with E-state index in [1.807, 2.05) is 0 Å². The molecule has 1 N–H and O–H groups in total. The molecule has 0 unspecified atom stereocenters. The molecule has 1 aliphatic heterocycles. The van der Waals surface area contributed by atoms with Crippen LogP contribution in [-0.4, -0.2) is 36.5 Å². The molecular formula is C8H14O4.